The molecule has 186 valence electrons. The highest BCUT2D eigenvalue weighted by molar-refractivity contribution is 5.91. The van der Waals surface area contributed by atoms with Crippen LogP contribution in [0, 0.1) is 0 Å². The molecule has 0 aliphatic carbocycles. The summed E-state index contributed by atoms with van der Waals surface area (Å²) in [5.74, 6) is -0.967. The van der Waals surface area contributed by atoms with Crippen LogP contribution >= 0.6 is 0 Å². The molecule has 2 atom stereocenters. The van der Waals surface area contributed by atoms with Crippen molar-refractivity contribution in [3.63, 3.8) is 0 Å². The average Bonchev–Trinajstić information content (AvgIpc) is 2.88. The summed E-state index contributed by atoms with van der Waals surface area (Å²) in [6.45, 7) is 4.09. The molecule has 3 amide bonds. The van der Waals surface area contributed by atoms with Gasteiger partial charge in [-0.3, -0.25) is 14.5 Å². The van der Waals surface area contributed by atoms with E-state index < -0.39 is 30.0 Å². The molecular formula is C28H35N3O4. The average molecular weight is 478 g/mol. The van der Waals surface area contributed by atoms with Gasteiger partial charge < -0.3 is 15.8 Å². The molecule has 3 rings (SSSR count). The van der Waals surface area contributed by atoms with Crippen molar-refractivity contribution in [1.82, 2.24) is 10.2 Å². The zero-order valence-electron chi connectivity index (χ0n) is 20.2. The van der Waals surface area contributed by atoms with Gasteiger partial charge in [0.05, 0.1) is 6.54 Å². The van der Waals surface area contributed by atoms with Gasteiger partial charge in [0.15, 0.2) is 0 Å². The lowest BCUT2D eigenvalue weighted by molar-refractivity contribution is -0.131. The van der Waals surface area contributed by atoms with Crippen molar-refractivity contribution in [2.45, 2.75) is 70.2 Å². The second-order valence-electron chi connectivity index (χ2n) is 8.90. The number of carbonyl (C=O) groups is 3. The molecule has 35 heavy (non-hydrogen) atoms. The SMILES string of the molecule is C=CCCCCCC[C@@H](NC(=O)[C@@H]1Cc2ccccc2CN1C(=O)OCc1ccccc1)C(N)=O. The highest BCUT2D eigenvalue weighted by Gasteiger charge is 2.36. The van der Waals surface area contributed by atoms with Crippen molar-refractivity contribution in [2.75, 3.05) is 0 Å². The monoisotopic (exact) mass is 477 g/mol. The van der Waals surface area contributed by atoms with Gasteiger partial charge in [0.1, 0.15) is 18.7 Å². The molecule has 0 radical (unpaired) electrons. The van der Waals surface area contributed by atoms with Gasteiger partial charge >= 0.3 is 6.09 Å². The first-order chi connectivity index (χ1) is 17.0. The maximum absolute atomic E-state index is 13.3. The predicted octanol–water partition coefficient (Wildman–Crippen LogP) is 4.25. The van der Waals surface area contributed by atoms with Crippen LogP contribution in [0.25, 0.3) is 0 Å². The number of amides is 3. The van der Waals surface area contributed by atoms with Gasteiger partial charge in [0, 0.05) is 6.42 Å². The minimum Gasteiger partial charge on any atom is -0.445 e. The topological polar surface area (TPSA) is 102 Å². The fraction of sp³-hybridized carbons (Fsp3) is 0.393. The van der Waals surface area contributed by atoms with Gasteiger partial charge in [-0.05, 0) is 36.0 Å². The molecule has 7 nitrogen and oxygen atoms in total. The Kier molecular flexibility index (Phi) is 9.90. The number of rotatable bonds is 12. The van der Waals surface area contributed by atoms with E-state index in [1.807, 2.05) is 60.7 Å². The molecule has 0 saturated heterocycles. The third-order valence-corrected chi connectivity index (χ3v) is 6.30. The fourth-order valence-electron chi connectivity index (χ4n) is 4.30. The number of nitrogens with zero attached hydrogens (tertiary/aromatic N) is 1. The Morgan fingerprint density at radius 1 is 1.03 bits per heavy atom. The molecule has 1 aliphatic rings. The largest absolute Gasteiger partial charge is 0.445 e. The molecule has 2 aromatic carbocycles. The molecule has 3 N–H and O–H groups in total. The fourth-order valence-corrected chi connectivity index (χ4v) is 4.30. The van der Waals surface area contributed by atoms with Gasteiger partial charge in [0.25, 0.3) is 0 Å². The molecule has 2 aromatic rings. The number of unbranched alkanes of at least 4 members (excludes halogenated alkanes) is 4. The van der Waals surface area contributed by atoms with Crippen molar-refractivity contribution < 1.29 is 19.1 Å². The summed E-state index contributed by atoms with van der Waals surface area (Å²) in [7, 11) is 0. The normalized spacial score (nSPS) is 15.5. The van der Waals surface area contributed by atoms with Crippen molar-refractivity contribution in [3.8, 4) is 0 Å². The molecule has 1 aliphatic heterocycles. The number of hydrogen-bond acceptors (Lipinski definition) is 4. The Morgan fingerprint density at radius 2 is 1.71 bits per heavy atom. The number of nitrogens with two attached hydrogens (primary N) is 1. The van der Waals surface area contributed by atoms with E-state index in [4.69, 9.17) is 10.5 Å². The molecule has 0 bridgehead atoms. The Balaban J connectivity index is 1.66. The van der Waals surface area contributed by atoms with Crippen LogP contribution in [0.15, 0.2) is 67.3 Å². The highest BCUT2D eigenvalue weighted by Crippen LogP contribution is 2.25. The summed E-state index contributed by atoms with van der Waals surface area (Å²) < 4.78 is 5.54. The number of primary amides is 1. The number of hydrogen-bond donors (Lipinski definition) is 2. The van der Waals surface area contributed by atoms with E-state index in [1.54, 1.807) is 0 Å². The van der Waals surface area contributed by atoms with Crippen LogP contribution in [0.1, 0.15) is 55.2 Å². The number of fused-ring (bicyclic) bond motifs is 1. The van der Waals surface area contributed by atoms with E-state index in [0.29, 0.717) is 12.8 Å². The Bertz CT molecular complexity index is 1010. The van der Waals surface area contributed by atoms with Crippen molar-refractivity contribution in [2.24, 2.45) is 5.73 Å². The van der Waals surface area contributed by atoms with E-state index >= 15 is 0 Å². The van der Waals surface area contributed by atoms with E-state index in [-0.39, 0.29) is 13.2 Å². The number of ether oxygens (including phenoxy) is 1. The third kappa shape index (κ3) is 7.70. The van der Waals surface area contributed by atoms with Gasteiger partial charge in [-0.1, -0.05) is 79.9 Å². The summed E-state index contributed by atoms with van der Waals surface area (Å²) in [5, 5.41) is 2.80. The van der Waals surface area contributed by atoms with E-state index in [2.05, 4.69) is 11.9 Å². The molecule has 1 heterocycles. The Labute approximate surface area is 207 Å². The first-order valence-electron chi connectivity index (χ1n) is 12.2. The molecule has 0 saturated carbocycles. The van der Waals surface area contributed by atoms with Crippen LogP contribution in [0.3, 0.4) is 0 Å². The lowest BCUT2D eigenvalue weighted by Gasteiger charge is -2.35. The quantitative estimate of drug-likeness (QED) is 0.352. The second-order valence-corrected chi connectivity index (χ2v) is 8.90. The number of carbonyl (C=O) groups excluding carboxylic acids is 3. The second kappa shape index (κ2) is 13.3. The standard InChI is InChI=1S/C28H35N3O4/c1-2-3-4-5-6-10-17-24(26(29)32)30-27(33)25-18-22-15-11-12-16-23(22)19-31(25)28(34)35-20-21-13-8-7-9-14-21/h2,7-9,11-16,24-25H,1,3-6,10,17-20H2,(H2,29,32)(H,30,33)/t24-,25+/m1/s1. The molecule has 0 spiro atoms. The Hall–Kier alpha value is -3.61. The van der Waals surface area contributed by atoms with Crippen LogP contribution < -0.4 is 11.1 Å². The van der Waals surface area contributed by atoms with Crippen LogP contribution in [-0.4, -0.2) is 34.9 Å². The predicted molar refractivity (Wildman–Crippen MR) is 135 cm³/mol. The van der Waals surface area contributed by atoms with Gasteiger partial charge in [0.2, 0.25) is 11.8 Å². The third-order valence-electron chi connectivity index (χ3n) is 6.30. The minimum atomic E-state index is -0.789. The first kappa shape index (κ1) is 26.0. The van der Waals surface area contributed by atoms with Gasteiger partial charge in [-0.15, -0.1) is 6.58 Å². The molecule has 0 fully saturated rings. The van der Waals surface area contributed by atoms with Gasteiger partial charge in [-0.2, -0.15) is 0 Å². The van der Waals surface area contributed by atoms with E-state index in [9.17, 15) is 14.4 Å². The summed E-state index contributed by atoms with van der Waals surface area (Å²) in [6, 6.07) is 15.5. The smallest absolute Gasteiger partial charge is 0.411 e. The lowest BCUT2D eigenvalue weighted by atomic mass is 9.93. The number of nitrogens with one attached hydrogen (secondary N) is 1. The summed E-state index contributed by atoms with van der Waals surface area (Å²) in [5.41, 5.74) is 8.42. The number of benzene rings is 2. The van der Waals surface area contributed by atoms with E-state index in [1.165, 1.54) is 4.90 Å². The zero-order valence-corrected chi connectivity index (χ0v) is 20.2. The molecule has 7 heteroatoms. The first-order valence-corrected chi connectivity index (χ1v) is 12.2. The maximum Gasteiger partial charge on any atom is 0.411 e. The summed E-state index contributed by atoms with van der Waals surface area (Å²) in [6.07, 6.45) is 6.92. The van der Waals surface area contributed by atoms with Crippen molar-refractivity contribution in [1.29, 1.82) is 0 Å². The van der Waals surface area contributed by atoms with E-state index in [0.717, 1.165) is 48.8 Å². The van der Waals surface area contributed by atoms with Crippen molar-refractivity contribution in [3.05, 3.63) is 83.9 Å². The number of allylic oxidation sites excluding steroid dienone is 1. The minimum absolute atomic E-state index is 0.113. The van der Waals surface area contributed by atoms with Crippen LogP contribution in [0.4, 0.5) is 4.79 Å². The van der Waals surface area contributed by atoms with Crippen LogP contribution in [-0.2, 0) is 33.9 Å². The maximum atomic E-state index is 13.3. The zero-order chi connectivity index (χ0) is 25.0. The molecular weight excluding hydrogens is 442 g/mol. The highest BCUT2D eigenvalue weighted by atomic mass is 16.6. The summed E-state index contributed by atoms with van der Waals surface area (Å²) >= 11 is 0. The summed E-state index contributed by atoms with van der Waals surface area (Å²) in [4.78, 5) is 39.8. The van der Waals surface area contributed by atoms with Crippen molar-refractivity contribution >= 4 is 17.9 Å². The van der Waals surface area contributed by atoms with Gasteiger partial charge in [-0.25, -0.2) is 4.79 Å². The molecule has 0 aromatic heterocycles. The van der Waals surface area contributed by atoms with Crippen LogP contribution in [0.2, 0.25) is 0 Å². The van der Waals surface area contributed by atoms with Crippen LogP contribution in [0.5, 0.6) is 0 Å². The molecule has 0 unspecified atom stereocenters. The Morgan fingerprint density at radius 3 is 2.43 bits per heavy atom. The lowest BCUT2D eigenvalue weighted by Crippen LogP contribution is -2.56.